The van der Waals surface area contributed by atoms with Gasteiger partial charge in [-0.2, -0.15) is 23.5 Å². The van der Waals surface area contributed by atoms with E-state index in [4.69, 9.17) is 91.3 Å². The number of nitrogens with one attached hydrogen (secondary N) is 5. The number of hydrogen-bond acceptors (Lipinski definition) is 22. The van der Waals surface area contributed by atoms with Crippen molar-refractivity contribution in [2.24, 2.45) is 22.9 Å². The molecular weight excluding hydrogens is 2340 g/mol. The molecule has 5 heterocycles. The number of primary amides is 4. The Morgan fingerprint density at radius 3 is 1.36 bits per heavy atom. The summed E-state index contributed by atoms with van der Waals surface area (Å²) < 4.78 is 77.8. The number of amides is 7. The fourth-order valence-corrected chi connectivity index (χ4v) is 13.6. The molecule has 0 radical (unpaired) electrons. The molecule has 754 valence electrons. The molecule has 0 atom stereocenters. The summed E-state index contributed by atoms with van der Waals surface area (Å²) in [6.07, 6.45) is 0.695. The van der Waals surface area contributed by atoms with Gasteiger partial charge in [0.15, 0.2) is 5.69 Å². The van der Waals surface area contributed by atoms with Gasteiger partial charge in [-0.25, -0.2) is 8.78 Å². The SMILES string of the molecule is C.C.CC(C)(C)OC(=O)CBr.CC(C)(C)OC(=O)Cn1cc(C(N)=O)c2cc(Br)ccc21.CC(C)N(CC(=O)NCc1cccc(Cl)c1F)C(=O)Cn1nc(C(N)=O)c2cc(Br)ccc21.CC(C)NCC(=O)NCc1cccc(Cl)c1F.N.N#Cc1c[nH]c2ccc(Br)cc12.NC(=O)c1c[nH]c2ccc(Br)cc12.NC(=O)c1cn(CC(=O)O)c2ccc(Br)cc12.O.O=CC(F)(F)F.O=CO[O-].OO.[H-].[K+].[K+]. The Labute approximate surface area is 948 Å². The van der Waals surface area contributed by atoms with Gasteiger partial charge >= 0.3 is 127 Å². The predicted octanol–water partition coefficient (Wildman–Crippen LogP) is 10.3. The third kappa shape index (κ3) is 47.9. The number of aromatic nitrogens is 6. The van der Waals surface area contributed by atoms with Crippen molar-refractivity contribution >= 4 is 245 Å². The Morgan fingerprint density at radius 1 is 0.593 bits per heavy atom. The molecule has 0 aliphatic heterocycles. The molecule has 51 heteroatoms. The minimum atomic E-state index is -4.64. The largest absolute Gasteiger partial charge is 1.00 e. The van der Waals surface area contributed by atoms with Crippen LogP contribution in [0.2, 0.25) is 10.0 Å². The van der Waals surface area contributed by atoms with Gasteiger partial charge in [-0.05, 0) is 159 Å². The van der Waals surface area contributed by atoms with Crippen LogP contribution in [-0.4, -0.2) is 175 Å². The minimum Gasteiger partial charge on any atom is -1.00 e. The number of halogens is 13. The molecule has 7 aromatic carbocycles. The molecule has 0 aliphatic rings. The van der Waals surface area contributed by atoms with E-state index in [1.807, 2.05) is 104 Å². The van der Waals surface area contributed by atoms with Crippen LogP contribution in [0.1, 0.15) is 144 Å². The number of H-pyrrole nitrogens is 2. The van der Waals surface area contributed by atoms with Crippen LogP contribution >= 0.6 is 119 Å². The van der Waals surface area contributed by atoms with Crippen molar-refractivity contribution in [1.82, 2.24) is 55.9 Å². The maximum Gasteiger partial charge on any atom is 1.00 e. The third-order valence-electron chi connectivity index (χ3n) is 16.8. The first kappa shape index (κ1) is 138. The van der Waals surface area contributed by atoms with E-state index in [1.54, 1.807) is 97.7 Å². The van der Waals surface area contributed by atoms with Crippen LogP contribution in [0.5, 0.6) is 0 Å². The topological polar surface area (TPSA) is 609 Å². The maximum absolute atomic E-state index is 14.0. The number of esters is 2. The maximum atomic E-state index is 14.0. The fourth-order valence-electron chi connectivity index (χ4n) is 11.3. The molecule has 0 spiro atoms. The molecule has 12 rings (SSSR count). The summed E-state index contributed by atoms with van der Waals surface area (Å²) in [4.78, 5) is 143. The number of benzene rings is 7. The summed E-state index contributed by atoms with van der Waals surface area (Å²) in [7, 11) is 0. The van der Waals surface area contributed by atoms with Crippen LogP contribution in [0.3, 0.4) is 0 Å². The molecule has 0 bridgehead atoms. The first-order valence-electron chi connectivity index (χ1n) is 38.6. The van der Waals surface area contributed by atoms with Crippen LogP contribution < -0.4 is 153 Å². The Kier molecular flexibility index (Phi) is 66.3. The number of carbonyl (C=O) groups is 12. The number of nitriles is 1. The summed E-state index contributed by atoms with van der Waals surface area (Å²) in [5.41, 5.74) is 26.9. The molecule has 0 saturated carbocycles. The molecule has 0 aliphatic carbocycles. The molecule has 0 unspecified atom stereocenters. The zero-order valence-corrected chi connectivity index (χ0v) is 93.2. The molecule has 12 aromatic rings. The minimum absolute atomic E-state index is 0. The van der Waals surface area contributed by atoms with Gasteiger partial charge < -0.3 is 101 Å². The summed E-state index contributed by atoms with van der Waals surface area (Å²) in [5, 5.41) is 54.3. The Balaban J connectivity index is -0.000000511. The molecular formula is C89H105Br6Cl2F5K2N16O20. The monoisotopic (exact) mass is 2430 g/mol. The Hall–Kier alpha value is -8.36. The normalized spacial score (nSPS) is 10.2. The number of nitrogens with two attached hydrogens (primary N) is 4. The average Bonchev–Trinajstić information content (AvgIpc) is 1.65. The number of aliphatic carboxylic acids is 1. The van der Waals surface area contributed by atoms with Gasteiger partial charge in [-0.3, -0.25) is 72.7 Å². The predicted molar refractivity (Wildman–Crippen MR) is 535 cm³/mol. The second-order valence-electron chi connectivity index (χ2n) is 29.9. The van der Waals surface area contributed by atoms with Crippen molar-refractivity contribution < 1.29 is 224 Å². The van der Waals surface area contributed by atoms with E-state index in [0.29, 0.717) is 55.0 Å². The zero-order chi connectivity index (χ0) is 102. The summed E-state index contributed by atoms with van der Waals surface area (Å²) in [6, 6.07) is 38.7. The molecule has 21 N–H and O–H groups in total. The molecule has 5 aromatic heterocycles. The number of fused-ring (bicyclic) bond motifs is 5. The first-order chi connectivity index (χ1) is 62.7. The van der Waals surface area contributed by atoms with Gasteiger partial charge in [0.2, 0.25) is 24.0 Å². The summed E-state index contributed by atoms with van der Waals surface area (Å²) in [5.74, 6) is -5.86. The van der Waals surface area contributed by atoms with Gasteiger partial charge in [0.1, 0.15) is 53.9 Å². The van der Waals surface area contributed by atoms with E-state index in [1.165, 1.54) is 38.5 Å². The van der Waals surface area contributed by atoms with Crippen molar-refractivity contribution in [1.29, 1.82) is 5.26 Å². The van der Waals surface area contributed by atoms with E-state index in [0.717, 1.165) is 49.7 Å². The standard InChI is InChI=1S/C22H22BrClFN5O3.C15H17BrN2O3.C12H16ClFN2O.C11H9BrN2O3.C9H7BrN2O.C9H5BrN2.C6H11BrO2.C2HF3O.CH2O3.2CH4.2K.H3N.H2O2.H2O.H/c1-12(2)29(10-18(31)27-9-13-4-3-5-16(24)20(13)25)19(32)11-30-17-7-6-14(23)8-15(17)21(28-30)22(26)33;1-15(2,3)21-13(19)8-18-7-11(14(17)20)10-6-9(16)4-5-12(10)18;1-8(2)15-7-11(17)16-6-9-4-3-5-10(13)12(9)14;12-6-1-2-9-7(3-6)8(11(13)17)4-14(9)5-10(15)16;10-5-1-2-8-6(3-5)7(4-12-8)9(11)13;10-7-1-2-9-8(3-7)6(4-11)5-12-9;1-6(2,3)9-5(8)4-7;3-2(4,5)1-6;2-1-4-3;;;;;;1-2;;/h3-8,12H,9-11H2,1-2H3,(H2,26,33)(H,27,31);4-7H,8H2,1-3H3,(H2,17,20);3-5,8,15H,6-7H2,1-2H3,(H,16,17);1-4H,5H2,(H2,13,17)(H,15,16);1-4,12H,(H2,11,13);1-3,5,12H;4H2,1-3H3;1H;1,3H;2*1H4;;;1H3;1-2H;1H2;/q;;;;;;;;;;;2*+1;;;;-1/p-1. The van der Waals surface area contributed by atoms with Gasteiger partial charge in [-0.15, -0.1) is 0 Å². The zero-order valence-electron chi connectivity index (χ0n) is 76.9. The number of alkyl halides is 4. The number of carbonyl (C=O) groups excluding carboxylic acids is 11. The van der Waals surface area contributed by atoms with Gasteiger partial charge in [-0.1, -0.05) is 172 Å². The quantitative estimate of drug-likeness (QED) is 0.00570. The van der Waals surface area contributed by atoms with Crippen molar-refractivity contribution in [3.63, 3.8) is 0 Å². The van der Waals surface area contributed by atoms with Gasteiger partial charge in [0.05, 0.1) is 50.9 Å². The smallest absolute Gasteiger partial charge is 1.00 e. The van der Waals surface area contributed by atoms with Gasteiger partial charge in [0, 0.05) is 132 Å². The van der Waals surface area contributed by atoms with E-state index in [2.05, 4.69) is 138 Å². The second-order valence-corrected chi connectivity index (χ2v) is 35.8. The number of hydrogen-bond donors (Lipinski definition) is 13. The molecule has 0 fully saturated rings. The van der Waals surface area contributed by atoms with Crippen LogP contribution in [0.25, 0.3) is 54.5 Å². The van der Waals surface area contributed by atoms with E-state index < -0.39 is 65.2 Å². The number of aromatic amines is 2. The van der Waals surface area contributed by atoms with Crippen LogP contribution in [0.4, 0.5) is 22.0 Å². The molecule has 7 amide bonds. The molecule has 36 nitrogen and oxygen atoms in total. The number of ether oxygens (including phenoxy) is 2. The molecule has 0 saturated heterocycles. The third-order valence-corrected chi connectivity index (χ3v) is 20.3. The Morgan fingerprint density at radius 2 is 0.979 bits per heavy atom. The fraction of sp³-hybridized carbons (Fsp3) is 0.281. The van der Waals surface area contributed by atoms with Gasteiger partial charge in [0.25, 0.3) is 30.1 Å². The van der Waals surface area contributed by atoms with Crippen LogP contribution in [0, 0.1) is 23.0 Å². The summed E-state index contributed by atoms with van der Waals surface area (Å²) >= 11 is 31.1. The van der Waals surface area contributed by atoms with Crippen molar-refractivity contribution in [3.05, 3.63) is 235 Å². The van der Waals surface area contributed by atoms with E-state index in [-0.39, 0.29) is 251 Å². The van der Waals surface area contributed by atoms with Crippen molar-refractivity contribution in [3.8, 4) is 6.07 Å². The van der Waals surface area contributed by atoms with Crippen molar-refractivity contribution in [2.45, 2.75) is 146 Å². The first-order valence-corrected chi connectivity index (χ1v) is 44.5. The Bertz CT molecular complexity index is 6200. The van der Waals surface area contributed by atoms with Crippen LogP contribution in [0.15, 0.2) is 175 Å². The summed E-state index contributed by atoms with van der Waals surface area (Å²) in [6.45, 7) is 17.9. The van der Waals surface area contributed by atoms with Crippen LogP contribution in [-0.2, 0) is 85.4 Å². The second kappa shape index (κ2) is 67.3. The average molecular weight is 2440 g/mol. The number of carboxylic acids is 1. The number of carboxylic acid groups (broad SMARTS) is 1. The van der Waals surface area contributed by atoms with E-state index >= 15 is 0 Å². The van der Waals surface area contributed by atoms with Crippen molar-refractivity contribution in [2.75, 3.05) is 18.4 Å². The molecule has 140 heavy (non-hydrogen) atoms. The number of aldehydes is 1. The number of rotatable bonds is 22. The van der Waals surface area contributed by atoms with E-state index in [9.17, 15) is 69.9 Å². The number of nitrogens with zero attached hydrogens (tertiary/aromatic N) is 6.